The lowest BCUT2D eigenvalue weighted by molar-refractivity contribution is 0.262. The fourth-order valence-electron chi connectivity index (χ4n) is 3.86. The topological polar surface area (TPSA) is 109 Å². The van der Waals surface area contributed by atoms with Crippen LogP contribution in [0.4, 0.5) is 16.2 Å². The van der Waals surface area contributed by atoms with Gasteiger partial charge in [-0.05, 0) is 84.6 Å². The van der Waals surface area contributed by atoms with Crippen molar-refractivity contribution in [1.29, 1.82) is 0 Å². The Bertz CT molecular complexity index is 1540. The summed E-state index contributed by atoms with van der Waals surface area (Å²) in [7, 11) is -7.54. The molecule has 0 unspecified atom stereocenters. The molecule has 0 aromatic heterocycles. The molecule has 0 saturated carbocycles. The van der Waals surface area contributed by atoms with Crippen molar-refractivity contribution in [3.05, 3.63) is 108 Å². The average Bonchev–Trinajstić information content (AvgIpc) is 2.93. The number of sulfone groups is 2. The number of hydrogen-bond donors (Lipinski definition) is 2. The van der Waals surface area contributed by atoms with Crippen LogP contribution < -0.4 is 10.6 Å². The summed E-state index contributed by atoms with van der Waals surface area (Å²) < 4.78 is 52.2. The molecule has 2 amide bonds. The fourth-order valence-corrected chi connectivity index (χ4v) is 6.47. The van der Waals surface area contributed by atoms with Crippen LogP contribution in [0.5, 0.6) is 0 Å². The van der Waals surface area contributed by atoms with Crippen LogP contribution in [0.25, 0.3) is 0 Å². The number of rotatable bonds is 8. The van der Waals surface area contributed by atoms with Gasteiger partial charge in [0.05, 0.1) is 19.6 Å². The fraction of sp³-hybridized carbons (Fsp3) is 0.138. The third-order valence-electron chi connectivity index (χ3n) is 6.09. The Morgan fingerprint density at radius 2 is 0.921 bits per heavy atom. The quantitative estimate of drug-likeness (QED) is 0.276. The lowest BCUT2D eigenvalue weighted by atomic mass is 10.2. The van der Waals surface area contributed by atoms with Gasteiger partial charge in [-0.25, -0.2) is 21.6 Å². The minimum atomic E-state index is -3.77. The van der Waals surface area contributed by atoms with Crippen LogP contribution in [0.3, 0.4) is 0 Å². The second-order valence-corrected chi connectivity index (χ2v) is 12.5. The highest BCUT2D eigenvalue weighted by molar-refractivity contribution is 7.91. The van der Waals surface area contributed by atoms with Gasteiger partial charge in [0.15, 0.2) is 0 Å². The molecule has 0 radical (unpaired) electrons. The number of nitrogens with one attached hydrogen (secondary N) is 2. The van der Waals surface area contributed by atoms with E-state index in [4.69, 9.17) is 0 Å². The second-order valence-electron chi connectivity index (χ2n) is 8.64. The van der Waals surface area contributed by atoms with Crippen LogP contribution in [-0.4, -0.2) is 22.9 Å². The Kier molecular flexibility index (Phi) is 7.99. The molecule has 2 N–H and O–H groups in total. The van der Waals surface area contributed by atoms with E-state index in [-0.39, 0.29) is 31.0 Å². The number of amides is 2. The predicted molar refractivity (Wildman–Crippen MR) is 148 cm³/mol. The van der Waals surface area contributed by atoms with E-state index in [9.17, 15) is 21.6 Å². The van der Waals surface area contributed by atoms with Gasteiger partial charge < -0.3 is 10.6 Å². The highest BCUT2D eigenvalue weighted by Gasteiger charge is 2.20. The van der Waals surface area contributed by atoms with E-state index >= 15 is 0 Å². The Hall–Kier alpha value is -3.95. The third kappa shape index (κ3) is 5.95. The van der Waals surface area contributed by atoms with Gasteiger partial charge in [0.2, 0.25) is 19.7 Å². The number of anilines is 2. The van der Waals surface area contributed by atoms with Crippen molar-refractivity contribution in [3.63, 3.8) is 0 Å². The molecule has 4 rings (SSSR count). The van der Waals surface area contributed by atoms with Gasteiger partial charge in [-0.3, -0.25) is 0 Å². The SMILES string of the molecule is CCc1ccc(S(=O)(=O)c2cccc(NC(=O)Nc3cccc(S(=O)(=O)c4ccc(CC)cc4)c3)c2)cc1. The lowest BCUT2D eigenvalue weighted by Crippen LogP contribution is -2.19. The monoisotopic (exact) mass is 548 g/mol. The maximum Gasteiger partial charge on any atom is 0.323 e. The number of urea groups is 1. The summed E-state index contributed by atoms with van der Waals surface area (Å²) in [6.07, 6.45) is 1.60. The molecule has 0 aliphatic heterocycles. The minimum absolute atomic E-state index is 0.0433. The van der Waals surface area contributed by atoms with E-state index < -0.39 is 25.7 Å². The third-order valence-corrected chi connectivity index (χ3v) is 9.62. The van der Waals surface area contributed by atoms with Crippen LogP contribution in [-0.2, 0) is 32.5 Å². The van der Waals surface area contributed by atoms with Crippen LogP contribution in [0.15, 0.2) is 117 Å². The van der Waals surface area contributed by atoms with E-state index in [1.165, 1.54) is 24.3 Å². The van der Waals surface area contributed by atoms with Crippen molar-refractivity contribution in [2.24, 2.45) is 0 Å². The van der Waals surface area contributed by atoms with E-state index in [0.717, 1.165) is 24.0 Å². The van der Waals surface area contributed by atoms with Crippen molar-refractivity contribution < 1.29 is 21.6 Å². The zero-order chi connectivity index (χ0) is 27.3. The maximum atomic E-state index is 13.1. The predicted octanol–water partition coefficient (Wildman–Crippen LogP) is 6.12. The molecular weight excluding hydrogens is 520 g/mol. The van der Waals surface area contributed by atoms with Gasteiger partial charge >= 0.3 is 6.03 Å². The van der Waals surface area contributed by atoms with Crippen LogP contribution in [0.1, 0.15) is 25.0 Å². The summed E-state index contributed by atoms with van der Waals surface area (Å²) in [5.74, 6) is 0. The van der Waals surface area contributed by atoms with Crippen LogP contribution in [0, 0.1) is 0 Å². The number of aryl methyl sites for hydroxylation is 2. The van der Waals surface area contributed by atoms with Crippen molar-refractivity contribution >= 4 is 37.1 Å². The summed E-state index contributed by atoms with van der Waals surface area (Å²) in [5.41, 5.74) is 2.60. The molecule has 0 aliphatic rings. The van der Waals surface area contributed by atoms with Gasteiger partial charge in [0.25, 0.3) is 0 Å². The van der Waals surface area contributed by atoms with Gasteiger partial charge in [0.1, 0.15) is 0 Å². The second kappa shape index (κ2) is 11.2. The molecule has 4 aromatic carbocycles. The van der Waals surface area contributed by atoms with Gasteiger partial charge in [-0.15, -0.1) is 0 Å². The smallest absolute Gasteiger partial charge is 0.308 e. The van der Waals surface area contributed by atoms with Crippen molar-refractivity contribution in [1.82, 2.24) is 0 Å². The van der Waals surface area contributed by atoms with Crippen molar-refractivity contribution in [3.8, 4) is 0 Å². The Morgan fingerprint density at radius 1 is 0.553 bits per heavy atom. The number of carbonyl (C=O) groups is 1. The first-order valence-corrected chi connectivity index (χ1v) is 15.1. The highest BCUT2D eigenvalue weighted by Crippen LogP contribution is 2.26. The van der Waals surface area contributed by atoms with Crippen LogP contribution >= 0.6 is 0 Å². The molecule has 38 heavy (non-hydrogen) atoms. The minimum Gasteiger partial charge on any atom is -0.308 e. The molecule has 0 spiro atoms. The molecule has 196 valence electrons. The summed E-state index contributed by atoms with van der Waals surface area (Å²) in [5, 5.41) is 5.22. The molecule has 0 atom stereocenters. The van der Waals surface area contributed by atoms with Crippen molar-refractivity contribution in [2.45, 2.75) is 46.3 Å². The van der Waals surface area contributed by atoms with E-state index in [1.807, 2.05) is 13.8 Å². The Labute approximate surface area is 223 Å². The first-order chi connectivity index (χ1) is 18.1. The molecule has 7 nitrogen and oxygen atoms in total. The Balaban J connectivity index is 1.49. The summed E-state index contributed by atoms with van der Waals surface area (Å²) >= 11 is 0. The van der Waals surface area contributed by atoms with E-state index in [2.05, 4.69) is 10.6 Å². The number of carbonyl (C=O) groups excluding carboxylic acids is 1. The first kappa shape index (κ1) is 27.1. The summed E-state index contributed by atoms with van der Waals surface area (Å²) in [4.78, 5) is 13.1. The summed E-state index contributed by atoms with van der Waals surface area (Å²) in [6.45, 7) is 3.98. The molecule has 0 aliphatic carbocycles. The number of hydrogen-bond acceptors (Lipinski definition) is 5. The normalized spacial score (nSPS) is 11.6. The highest BCUT2D eigenvalue weighted by atomic mass is 32.2. The van der Waals surface area contributed by atoms with Crippen molar-refractivity contribution in [2.75, 3.05) is 10.6 Å². The zero-order valence-electron chi connectivity index (χ0n) is 21.0. The standard InChI is InChI=1S/C29H28N2O5S2/c1-3-21-11-15-25(16-12-21)37(33,34)27-9-5-7-23(19-27)30-29(32)31-24-8-6-10-28(20-24)38(35,36)26-17-13-22(4-2)14-18-26/h5-20H,3-4H2,1-2H3,(H2,30,31,32). The lowest BCUT2D eigenvalue weighted by Gasteiger charge is -2.11. The molecule has 0 heterocycles. The zero-order valence-corrected chi connectivity index (χ0v) is 22.6. The number of benzene rings is 4. The molecular formula is C29H28N2O5S2. The van der Waals surface area contributed by atoms with Gasteiger partial charge in [-0.1, -0.05) is 50.2 Å². The van der Waals surface area contributed by atoms with Crippen LogP contribution in [0.2, 0.25) is 0 Å². The summed E-state index contributed by atoms with van der Waals surface area (Å²) in [6, 6.07) is 24.6. The van der Waals surface area contributed by atoms with Gasteiger partial charge in [-0.2, -0.15) is 0 Å². The molecule has 9 heteroatoms. The average molecular weight is 549 g/mol. The Morgan fingerprint density at radius 3 is 1.26 bits per heavy atom. The largest absolute Gasteiger partial charge is 0.323 e. The van der Waals surface area contributed by atoms with E-state index in [1.54, 1.807) is 72.8 Å². The molecule has 0 saturated heterocycles. The van der Waals surface area contributed by atoms with E-state index in [0.29, 0.717) is 0 Å². The van der Waals surface area contributed by atoms with Gasteiger partial charge in [0, 0.05) is 11.4 Å². The molecule has 4 aromatic rings. The maximum absolute atomic E-state index is 13.1. The first-order valence-electron chi connectivity index (χ1n) is 12.1. The molecule has 0 fully saturated rings. The molecule has 0 bridgehead atoms.